The van der Waals surface area contributed by atoms with Gasteiger partial charge in [0.2, 0.25) is 5.91 Å². The van der Waals surface area contributed by atoms with E-state index in [4.69, 9.17) is 14.2 Å². The lowest BCUT2D eigenvalue weighted by atomic mass is 9.95. The number of benzene rings is 2. The third-order valence-corrected chi connectivity index (χ3v) is 4.82. The zero-order valence-corrected chi connectivity index (χ0v) is 15.7. The van der Waals surface area contributed by atoms with Crippen molar-refractivity contribution in [1.82, 2.24) is 10.2 Å². The van der Waals surface area contributed by atoms with E-state index in [9.17, 15) is 4.79 Å². The van der Waals surface area contributed by atoms with E-state index >= 15 is 0 Å². The van der Waals surface area contributed by atoms with Crippen molar-refractivity contribution in [2.75, 3.05) is 26.1 Å². The fraction of sp³-hybridized carbons (Fsp3) is 0.238. The third kappa shape index (κ3) is 3.38. The van der Waals surface area contributed by atoms with Crippen molar-refractivity contribution in [2.24, 2.45) is 5.92 Å². The first kappa shape index (κ1) is 17.9. The Morgan fingerprint density at radius 1 is 1.21 bits per heavy atom. The first-order valence-corrected chi connectivity index (χ1v) is 8.96. The molecule has 0 saturated heterocycles. The molecule has 2 heterocycles. The quantitative estimate of drug-likeness (QED) is 0.711. The predicted molar refractivity (Wildman–Crippen MR) is 105 cm³/mol. The molecule has 7 nitrogen and oxygen atoms in total. The number of fused-ring (bicyclic) bond motifs is 1. The van der Waals surface area contributed by atoms with E-state index in [1.807, 2.05) is 30.3 Å². The first-order valence-electron chi connectivity index (χ1n) is 8.96. The van der Waals surface area contributed by atoms with Crippen LogP contribution in [0.2, 0.25) is 0 Å². The van der Waals surface area contributed by atoms with Gasteiger partial charge >= 0.3 is 0 Å². The lowest BCUT2D eigenvalue weighted by molar-refractivity contribution is -0.121. The van der Waals surface area contributed by atoms with Gasteiger partial charge in [-0.05, 0) is 30.2 Å². The van der Waals surface area contributed by atoms with Crippen LogP contribution in [0.4, 0.5) is 5.69 Å². The lowest BCUT2D eigenvalue weighted by Gasteiger charge is -2.26. The highest BCUT2D eigenvalue weighted by Gasteiger charge is 2.28. The molecule has 2 aromatic carbocycles. The van der Waals surface area contributed by atoms with Crippen LogP contribution in [0.25, 0.3) is 11.1 Å². The summed E-state index contributed by atoms with van der Waals surface area (Å²) >= 11 is 0. The minimum atomic E-state index is -0.279. The molecule has 0 aliphatic carbocycles. The number of hydrogen-bond donors (Lipinski definition) is 2. The number of ether oxygens (including phenoxy) is 3. The van der Waals surface area contributed by atoms with Gasteiger partial charge in [0.05, 0.1) is 26.3 Å². The summed E-state index contributed by atoms with van der Waals surface area (Å²) in [6.45, 7) is 0.309. The lowest BCUT2D eigenvalue weighted by Crippen LogP contribution is -2.32. The summed E-state index contributed by atoms with van der Waals surface area (Å²) in [5, 5.41) is 9.72. The van der Waals surface area contributed by atoms with E-state index in [0.29, 0.717) is 30.2 Å². The van der Waals surface area contributed by atoms with Crippen LogP contribution in [0, 0.1) is 5.92 Å². The number of methoxy groups -OCH3 is 2. The number of aromatic amines is 1. The fourth-order valence-electron chi connectivity index (χ4n) is 3.37. The number of hydrogen-bond acceptors (Lipinski definition) is 5. The summed E-state index contributed by atoms with van der Waals surface area (Å²) in [4.78, 5) is 12.8. The summed E-state index contributed by atoms with van der Waals surface area (Å²) in [6, 6.07) is 11.3. The third-order valence-electron chi connectivity index (χ3n) is 4.82. The van der Waals surface area contributed by atoms with Crippen molar-refractivity contribution in [3.8, 4) is 28.4 Å². The monoisotopic (exact) mass is 379 g/mol. The number of anilines is 1. The Labute approximate surface area is 162 Å². The molecule has 7 heteroatoms. The number of nitrogens with one attached hydrogen (secondary N) is 2. The van der Waals surface area contributed by atoms with Crippen LogP contribution in [0.15, 0.2) is 48.8 Å². The number of H-pyrrole nitrogens is 1. The minimum Gasteiger partial charge on any atom is -0.496 e. The maximum atomic E-state index is 12.8. The molecule has 1 aromatic heterocycles. The Bertz CT molecular complexity index is 985. The number of carbonyl (C=O) groups is 1. The maximum Gasteiger partial charge on any atom is 0.231 e. The molecular weight excluding hydrogens is 358 g/mol. The largest absolute Gasteiger partial charge is 0.496 e. The molecule has 2 N–H and O–H groups in total. The van der Waals surface area contributed by atoms with Crippen LogP contribution in [0.3, 0.4) is 0 Å². The van der Waals surface area contributed by atoms with Gasteiger partial charge in [0.15, 0.2) is 11.5 Å². The molecule has 0 bridgehead atoms. The minimum absolute atomic E-state index is 0.0911. The van der Waals surface area contributed by atoms with Crippen molar-refractivity contribution in [3.05, 3.63) is 54.4 Å². The highest BCUT2D eigenvalue weighted by molar-refractivity contribution is 5.94. The maximum absolute atomic E-state index is 12.8. The summed E-state index contributed by atoms with van der Waals surface area (Å²) < 4.78 is 16.6. The number of carbonyl (C=O) groups excluding carboxylic acids is 1. The van der Waals surface area contributed by atoms with Crippen LogP contribution in [-0.2, 0) is 11.2 Å². The van der Waals surface area contributed by atoms with Crippen molar-refractivity contribution in [2.45, 2.75) is 6.42 Å². The van der Waals surface area contributed by atoms with E-state index in [0.717, 1.165) is 22.4 Å². The van der Waals surface area contributed by atoms with Crippen LogP contribution in [-0.4, -0.2) is 36.9 Å². The topological polar surface area (TPSA) is 85.5 Å². The second-order valence-corrected chi connectivity index (χ2v) is 6.55. The highest BCUT2D eigenvalue weighted by Crippen LogP contribution is 2.37. The van der Waals surface area contributed by atoms with E-state index in [-0.39, 0.29) is 11.8 Å². The number of nitrogens with zero attached hydrogens (tertiary/aromatic N) is 1. The summed E-state index contributed by atoms with van der Waals surface area (Å²) in [6.07, 6.45) is 4.12. The smallest absolute Gasteiger partial charge is 0.231 e. The highest BCUT2D eigenvalue weighted by atomic mass is 16.5. The normalized spacial score (nSPS) is 15.3. The van der Waals surface area contributed by atoms with Crippen molar-refractivity contribution in [1.29, 1.82) is 0 Å². The molecule has 144 valence electrons. The van der Waals surface area contributed by atoms with Gasteiger partial charge in [-0.15, -0.1) is 0 Å². The Morgan fingerprint density at radius 2 is 2.07 bits per heavy atom. The molecule has 0 spiro atoms. The summed E-state index contributed by atoms with van der Waals surface area (Å²) in [7, 11) is 3.21. The number of aromatic nitrogens is 2. The van der Waals surface area contributed by atoms with Gasteiger partial charge in [0, 0.05) is 29.1 Å². The Balaban J connectivity index is 1.49. The van der Waals surface area contributed by atoms with Crippen molar-refractivity contribution >= 4 is 11.6 Å². The van der Waals surface area contributed by atoms with E-state index in [1.54, 1.807) is 32.7 Å². The van der Waals surface area contributed by atoms with Crippen molar-refractivity contribution < 1.29 is 19.0 Å². The Morgan fingerprint density at radius 3 is 2.82 bits per heavy atom. The molecule has 0 fully saturated rings. The summed E-state index contributed by atoms with van der Waals surface area (Å²) in [5.74, 6) is 1.70. The second kappa shape index (κ2) is 7.64. The van der Waals surface area contributed by atoms with Crippen LogP contribution < -0.4 is 19.5 Å². The van der Waals surface area contributed by atoms with E-state index < -0.39 is 0 Å². The Kier molecular flexibility index (Phi) is 4.89. The molecular formula is C21H21N3O4. The summed E-state index contributed by atoms with van der Waals surface area (Å²) in [5.41, 5.74) is 3.46. The molecule has 3 aromatic rings. The van der Waals surface area contributed by atoms with Crippen LogP contribution >= 0.6 is 0 Å². The van der Waals surface area contributed by atoms with Crippen LogP contribution in [0.5, 0.6) is 17.2 Å². The van der Waals surface area contributed by atoms with Gasteiger partial charge < -0.3 is 19.5 Å². The van der Waals surface area contributed by atoms with Gasteiger partial charge in [-0.1, -0.05) is 12.1 Å². The van der Waals surface area contributed by atoms with Gasteiger partial charge in [-0.2, -0.15) is 5.10 Å². The molecule has 1 atom stereocenters. The SMILES string of the molecule is COc1cc(NC(=O)C2COc3c(cccc3OC)C2)ccc1-c1cn[nH]c1. The average Bonchev–Trinajstić information content (AvgIpc) is 3.27. The fourth-order valence-corrected chi connectivity index (χ4v) is 3.37. The zero-order valence-electron chi connectivity index (χ0n) is 15.7. The number of para-hydroxylation sites is 1. The molecule has 28 heavy (non-hydrogen) atoms. The molecule has 0 saturated carbocycles. The van der Waals surface area contributed by atoms with E-state index in [1.165, 1.54) is 0 Å². The van der Waals surface area contributed by atoms with Gasteiger partial charge in [-0.3, -0.25) is 9.89 Å². The average molecular weight is 379 g/mol. The predicted octanol–water partition coefficient (Wildman–Crippen LogP) is 3.28. The van der Waals surface area contributed by atoms with Crippen molar-refractivity contribution in [3.63, 3.8) is 0 Å². The number of rotatable bonds is 5. The molecule has 1 amide bonds. The standard InChI is InChI=1S/C21H21N3O4/c1-26-18-5-3-4-13-8-14(12-28-20(13)18)21(25)24-16-6-7-17(19(9-16)27-2)15-10-22-23-11-15/h3-7,9-11,14H,8,12H2,1-2H3,(H,22,23)(H,24,25). The first-order chi connectivity index (χ1) is 13.7. The molecule has 0 radical (unpaired) electrons. The zero-order chi connectivity index (χ0) is 19.5. The van der Waals surface area contributed by atoms with Gasteiger partial charge in [0.25, 0.3) is 0 Å². The second-order valence-electron chi connectivity index (χ2n) is 6.55. The molecule has 1 aliphatic rings. The molecule has 1 unspecified atom stereocenters. The Hall–Kier alpha value is -3.48. The molecule has 1 aliphatic heterocycles. The van der Waals surface area contributed by atoms with Gasteiger partial charge in [-0.25, -0.2) is 0 Å². The van der Waals surface area contributed by atoms with Crippen LogP contribution in [0.1, 0.15) is 5.56 Å². The molecule has 4 rings (SSSR count). The number of amides is 1. The van der Waals surface area contributed by atoms with Gasteiger partial charge in [0.1, 0.15) is 12.4 Å². The van der Waals surface area contributed by atoms with E-state index in [2.05, 4.69) is 15.5 Å².